The third kappa shape index (κ3) is 5.53. The monoisotopic (exact) mass is 614 g/mol. The van der Waals surface area contributed by atoms with Crippen molar-refractivity contribution in [3.63, 3.8) is 0 Å². The van der Waals surface area contributed by atoms with E-state index in [2.05, 4.69) is 43.3 Å². The number of hydrogen-bond acceptors (Lipinski definition) is 9. The number of carbonyl (C=O) groups excluding carboxylic acids is 4. The third-order valence-electron chi connectivity index (χ3n) is 12.2. The topological polar surface area (TPSA) is 139 Å². The lowest BCUT2D eigenvalue weighted by Gasteiger charge is -2.64. The molecule has 0 aromatic carbocycles. The van der Waals surface area contributed by atoms with Gasteiger partial charge in [0.15, 0.2) is 11.6 Å². The van der Waals surface area contributed by atoms with Gasteiger partial charge in [-0.1, -0.05) is 39.3 Å². The van der Waals surface area contributed by atoms with E-state index in [1.165, 1.54) is 14.0 Å². The van der Waals surface area contributed by atoms with E-state index in [-0.39, 0.29) is 71.3 Å². The smallest absolute Gasteiger partial charge is 0.412 e. The molecular weight excluding hydrogens is 564 g/mol. The second-order valence-corrected chi connectivity index (χ2v) is 14.5. The lowest BCUT2D eigenvalue weighted by molar-refractivity contribution is -0.203. The molecule has 0 aliphatic heterocycles. The molecule has 4 aliphatic carbocycles. The van der Waals surface area contributed by atoms with E-state index in [0.717, 1.165) is 38.5 Å². The Bertz CT molecular complexity index is 1270. The van der Waals surface area contributed by atoms with Crippen LogP contribution in [0.5, 0.6) is 0 Å². The molecule has 4 saturated carbocycles. The number of nitrogens with one attached hydrogen (secondary N) is 1. The summed E-state index contributed by atoms with van der Waals surface area (Å²) in [5.74, 6) is 0.697. The van der Waals surface area contributed by atoms with Gasteiger partial charge in [0.25, 0.3) is 0 Å². The summed E-state index contributed by atoms with van der Waals surface area (Å²) in [4.78, 5) is 52.1. The lowest BCUT2D eigenvalue weighted by atomic mass is 9.41. The van der Waals surface area contributed by atoms with Crippen molar-refractivity contribution in [1.82, 2.24) is 15.0 Å². The third-order valence-corrected chi connectivity index (χ3v) is 12.2. The Morgan fingerprint density at radius 2 is 1.93 bits per heavy atom. The maximum atomic E-state index is 15.2. The number of hydrogen-bond donors (Lipinski definition) is 1. The molecule has 11 nitrogen and oxygen atoms in total. The van der Waals surface area contributed by atoms with Crippen molar-refractivity contribution in [2.45, 2.75) is 105 Å². The van der Waals surface area contributed by atoms with Gasteiger partial charge in [-0.05, 0) is 80.5 Å². The first-order valence-corrected chi connectivity index (χ1v) is 16.5. The summed E-state index contributed by atoms with van der Waals surface area (Å²) in [5.41, 5.74) is -0.879. The van der Waals surface area contributed by atoms with Crippen LogP contribution in [0.1, 0.15) is 99.0 Å². The van der Waals surface area contributed by atoms with E-state index in [1.807, 2.05) is 0 Å². The van der Waals surface area contributed by atoms with Crippen LogP contribution in [0.3, 0.4) is 0 Å². The number of anilines is 1. The molecule has 44 heavy (non-hydrogen) atoms. The van der Waals surface area contributed by atoms with Gasteiger partial charge in [0.1, 0.15) is 12.1 Å². The van der Waals surface area contributed by atoms with Crippen LogP contribution in [0, 0.1) is 52.3 Å². The summed E-state index contributed by atoms with van der Waals surface area (Å²) in [6.07, 6.45) is 7.27. The summed E-state index contributed by atoms with van der Waals surface area (Å²) in [5, 5.41) is 11.3. The molecule has 4 fully saturated rings. The number of ether oxygens (including phenoxy) is 3. The van der Waals surface area contributed by atoms with E-state index in [4.69, 9.17) is 14.2 Å². The van der Waals surface area contributed by atoms with Crippen molar-refractivity contribution < 1.29 is 33.4 Å². The molecule has 0 saturated heterocycles. The average Bonchev–Trinajstić information content (AvgIpc) is 3.57. The van der Waals surface area contributed by atoms with Crippen LogP contribution in [0.25, 0.3) is 0 Å². The molecule has 1 N–H and O–H groups in total. The van der Waals surface area contributed by atoms with Crippen molar-refractivity contribution in [2.24, 2.45) is 52.3 Å². The molecule has 1 aromatic heterocycles. The molecule has 244 valence electrons. The first-order chi connectivity index (χ1) is 20.8. The Morgan fingerprint density at radius 1 is 1.18 bits per heavy atom. The van der Waals surface area contributed by atoms with E-state index < -0.39 is 17.6 Å². The number of ketones is 1. The molecular formula is C33H50N4O7. The van der Waals surface area contributed by atoms with Gasteiger partial charge in [-0.3, -0.25) is 19.7 Å². The van der Waals surface area contributed by atoms with E-state index in [1.54, 1.807) is 17.8 Å². The number of fused-ring (bicyclic) bond motifs is 5. The number of aromatic nitrogens is 3. The molecule has 11 atom stereocenters. The normalized spacial score (nSPS) is 38.5. The summed E-state index contributed by atoms with van der Waals surface area (Å²) in [6.45, 7) is 12.3. The Labute approximate surface area is 260 Å². The zero-order valence-corrected chi connectivity index (χ0v) is 27.3. The van der Waals surface area contributed by atoms with Gasteiger partial charge in [0.2, 0.25) is 0 Å². The van der Waals surface area contributed by atoms with Crippen molar-refractivity contribution in [1.29, 1.82) is 0 Å². The molecule has 0 radical (unpaired) electrons. The zero-order chi connectivity index (χ0) is 32.0. The molecule has 0 spiro atoms. The van der Waals surface area contributed by atoms with Gasteiger partial charge >= 0.3 is 18.0 Å². The minimum Gasteiger partial charge on any atom is -0.469 e. The van der Waals surface area contributed by atoms with Crippen LogP contribution in [0.2, 0.25) is 0 Å². The highest BCUT2D eigenvalue weighted by molar-refractivity contribution is 5.91. The lowest BCUT2D eigenvalue weighted by Crippen LogP contribution is -2.65. The van der Waals surface area contributed by atoms with Gasteiger partial charge < -0.3 is 14.2 Å². The molecule has 5 rings (SSSR count). The van der Waals surface area contributed by atoms with Gasteiger partial charge in [0, 0.05) is 30.6 Å². The molecule has 6 unspecified atom stereocenters. The van der Waals surface area contributed by atoms with Crippen LogP contribution < -0.4 is 5.32 Å². The van der Waals surface area contributed by atoms with Crippen LogP contribution in [-0.4, -0.2) is 58.6 Å². The number of esters is 2. The van der Waals surface area contributed by atoms with Gasteiger partial charge in [-0.15, -0.1) is 5.10 Å². The summed E-state index contributed by atoms with van der Waals surface area (Å²) in [6, 6.07) is -0.640. The fourth-order valence-corrected chi connectivity index (χ4v) is 10.2. The minimum atomic E-state index is -0.717. The molecule has 1 aromatic rings. The summed E-state index contributed by atoms with van der Waals surface area (Å²) >= 11 is 0. The Kier molecular flexibility index (Phi) is 9.16. The number of carbonyl (C=O) groups is 4. The quantitative estimate of drug-likeness (QED) is 0.293. The van der Waals surface area contributed by atoms with E-state index >= 15 is 4.79 Å². The Balaban J connectivity index is 1.61. The maximum absolute atomic E-state index is 15.2. The van der Waals surface area contributed by atoms with Crippen molar-refractivity contribution in [3.05, 3.63) is 6.20 Å². The molecule has 4 aliphatic rings. The van der Waals surface area contributed by atoms with Crippen LogP contribution in [-0.2, 0) is 28.6 Å². The standard InChI is InChI=1S/C33H50N4O7/c1-8-43-31(41)34-25-17-37(36-35-25)29-28-27(24(44-20(4)38)16-21-15-18(2)13-14-32(21,28)5)23-11-10-22(33(23,6)30(29)40)19(3)9-12-26(39)42-7/h17-19,21-24,27-29H,8-16H2,1-7H3,(H,34,41)/t18-,19-,21+,22?,23?,24?,27?,28?,29?,32+,33-/m1/s1. The fraction of sp³-hybridized carbons (Fsp3) is 0.818. The predicted molar refractivity (Wildman–Crippen MR) is 161 cm³/mol. The second-order valence-electron chi connectivity index (χ2n) is 14.5. The SMILES string of the molecule is CCOC(=O)Nc1cn(C2C(=O)[C@@]3(C)C(CCC3[C@H](C)CCC(=O)OC)C3C(OC(C)=O)C[C@@H]4C[C@H](C)CC[C@]4(C)C32)nn1. The number of nitrogens with zero attached hydrogens (tertiary/aromatic N) is 3. The summed E-state index contributed by atoms with van der Waals surface area (Å²) < 4.78 is 17.8. The number of rotatable bonds is 8. The van der Waals surface area contributed by atoms with Gasteiger partial charge in [0.05, 0.1) is 19.9 Å². The first kappa shape index (κ1) is 32.4. The van der Waals surface area contributed by atoms with Crippen molar-refractivity contribution in [2.75, 3.05) is 19.0 Å². The van der Waals surface area contributed by atoms with E-state index in [0.29, 0.717) is 24.7 Å². The Hall–Kier alpha value is -2.98. The number of amides is 1. The van der Waals surface area contributed by atoms with Crippen molar-refractivity contribution in [3.8, 4) is 0 Å². The first-order valence-electron chi connectivity index (χ1n) is 16.5. The Morgan fingerprint density at radius 3 is 2.61 bits per heavy atom. The largest absolute Gasteiger partial charge is 0.469 e. The highest BCUT2D eigenvalue weighted by Crippen LogP contribution is 2.70. The summed E-state index contributed by atoms with van der Waals surface area (Å²) in [7, 11) is 1.40. The van der Waals surface area contributed by atoms with E-state index in [9.17, 15) is 14.4 Å². The number of methoxy groups -OCH3 is 1. The van der Waals surface area contributed by atoms with Crippen LogP contribution >= 0.6 is 0 Å². The molecule has 11 heteroatoms. The predicted octanol–water partition coefficient (Wildman–Crippen LogP) is 5.60. The second kappa shape index (κ2) is 12.4. The maximum Gasteiger partial charge on any atom is 0.412 e. The average molecular weight is 615 g/mol. The number of Topliss-reactive ketones (excluding diaryl/α,β-unsaturated/α-hetero) is 1. The molecule has 0 bridgehead atoms. The molecule has 1 amide bonds. The van der Waals surface area contributed by atoms with Crippen LogP contribution in [0.15, 0.2) is 6.20 Å². The van der Waals surface area contributed by atoms with Gasteiger partial charge in [-0.2, -0.15) is 0 Å². The minimum absolute atomic E-state index is 0.0314. The van der Waals surface area contributed by atoms with Crippen molar-refractivity contribution >= 4 is 29.6 Å². The highest BCUT2D eigenvalue weighted by atomic mass is 16.5. The zero-order valence-electron chi connectivity index (χ0n) is 27.3. The van der Waals surface area contributed by atoms with Crippen LogP contribution in [0.4, 0.5) is 10.6 Å². The highest BCUT2D eigenvalue weighted by Gasteiger charge is 2.70. The molecule has 1 heterocycles. The fourth-order valence-electron chi connectivity index (χ4n) is 10.2. The van der Waals surface area contributed by atoms with Gasteiger partial charge in [-0.25, -0.2) is 9.48 Å².